The van der Waals surface area contributed by atoms with Gasteiger partial charge in [0.1, 0.15) is 0 Å². The van der Waals surface area contributed by atoms with E-state index < -0.39 is 6.98 Å². The second kappa shape index (κ2) is 6.07. The number of aromatic nitrogens is 1. The Balaban J connectivity index is 0.00000169. The molecule has 0 unspecified atom stereocenters. The normalized spacial score (nSPS) is 11.4. The molecule has 0 aromatic carbocycles. The predicted octanol–water partition coefficient (Wildman–Crippen LogP) is -0.206. The maximum Gasteiger partial charge on any atom is 1.00 e. The van der Waals surface area contributed by atoms with Crippen molar-refractivity contribution in [1.29, 1.82) is 0 Å². The Bertz CT molecular complexity index is 325. The summed E-state index contributed by atoms with van der Waals surface area (Å²) in [4.78, 5) is 3.77. The molecule has 1 heterocycles. The predicted molar refractivity (Wildman–Crippen MR) is 47.1 cm³/mol. The summed E-state index contributed by atoms with van der Waals surface area (Å²) in [5.41, 5.74) is 1.23. The van der Waals surface area contributed by atoms with Gasteiger partial charge in [-0.05, 0) is 24.6 Å². The molecular formula is C8H8BF3KN. The van der Waals surface area contributed by atoms with Gasteiger partial charge in [-0.1, -0.05) is 6.08 Å². The molecule has 1 aromatic rings. The van der Waals surface area contributed by atoms with Crippen molar-refractivity contribution in [3.8, 4) is 0 Å². The fraction of sp³-hybridized carbons (Fsp3) is 0.125. The van der Waals surface area contributed by atoms with Crippen molar-refractivity contribution in [2.45, 2.75) is 6.92 Å². The minimum absolute atomic E-state index is 0. The van der Waals surface area contributed by atoms with Gasteiger partial charge in [0.25, 0.3) is 0 Å². The Morgan fingerprint density at radius 3 is 2.50 bits per heavy atom. The molecule has 14 heavy (non-hydrogen) atoms. The largest absolute Gasteiger partial charge is 1.00 e. The summed E-state index contributed by atoms with van der Waals surface area (Å²) in [6, 6.07) is 3.33. The average Bonchev–Trinajstić information content (AvgIpc) is 2.00. The van der Waals surface area contributed by atoms with E-state index in [2.05, 4.69) is 4.98 Å². The molecule has 0 aliphatic heterocycles. The first kappa shape index (κ1) is 14.4. The molecule has 0 atom stereocenters. The number of halogens is 3. The molecule has 6 heteroatoms. The molecule has 0 saturated heterocycles. The van der Waals surface area contributed by atoms with Crippen LogP contribution in [0.25, 0.3) is 6.08 Å². The van der Waals surface area contributed by atoms with Gasteiger partial charge in [0.15, 0.2) is 0 Å². The van der Waals surface area contributed by atoms with Crippen molar-refractivity contribution in [2.24, 2.45) is 0 Å². The number of hydrogen-bond acceptors (Lipinski definition) is 1. The van der Waals surface area contributed by atoms with Crippen molar-refractivity contribution in [2.75, 3.05) is 0 Å². The molecule has 1 aromatic heterocycles. The fourth-order valence-electron chi connectivity index (χ4n) is 0.858. The second-order valence-electron chi connectivity index (χ2n) is 2.74. The van der Waals surface area contributed by atoms with Crippen LogP contribution >= 0.6 is 0 Å². The van der Waals surface area contributed by atoms with Crippen LogP contribution in [0.2, 0.25) is 0 Å². The second-order valence-corrected chi connectivity index (χ2v) is 2.74. The van der Waals surface area contributed by atoms with Gasteiger partial charge in [-0.15, -0.1) is 5.98 Å². The number of pyridine rings is 1. The molecule has 0 amide bonds. The summed E-state index contributed by atoms with van der Waals surface area (Å²) < 4.78 is 35.4. The van der Waals surface area contributed by atoms with Crippen LogP contribution in [0.3, 0.4) is 0 Å². The Morgan fingerprint density at radius 2 is 2.00 bits per heavy atom. The summed E-state index contributed by atoms with van der Waals surface area (Å²) in [6.07, 6.45) is 2.46. The van der Waals surface area contributed by atoms with Crippen molar-refractivity contribution < 1.29 is 64.3 Å². The molecule has 0 aliphatic carbocycles. The van der Waals surface area contributed by atoms with Gasteiger partial charge in [-0.3, -0.25) is 4.98 Å². The van der Waals surface area contributed by atoms with Gasteiger partial charge in [-0.25, -0.2) is 0 Å². The molecule has 70 valence electrons. The molecule has 0 aliphatic rings. The maximum atomic E-state index is 11.8. The van der Waals surface area contributed by atoms with Crippen LogP contribution in [0.5, 0.6) is 0 Å². The first-order chi connectivity index (χ1) is 5.97. The molecule has 1 nitrogen and oxygen atoms in total. The van der Waals surface area contributed by atoms with Crippen molar-refractivity contribution in [1.82, 2.24) is 4.98 Å². The zero-order chi connectivity index (χ0) is 9.90. The van der Waals surface area contributed by atoms with Crippen LogP contribution in [0.15, 0.2) is 24.3 Å². The van der Waals surface area contributed by atoms with E-state index in [1.807, 2.05) is 0 Å². The molecule has 0 saturated carbocycles. The molecule has 0 N–H and O–H groups in total. The molecule has 0 fully saturated rings. The smallest absolute Gasteiger partial charge is 0.445 e. The summed E-state index contributed by atoms with van der Waals surface area (Å²) in [5, 5.41) is 0. The van der Waals surface area contributed by atoms with Crippen molar-refractivity contribution >= 4 is 13.1 Å². The molecular weight excluding hydrogens is 217 g/mol. The zero-order valence-corrected chi connectivity index (χ0v) is 11.2. The van der Waals surface area contributed by atoms with Crippen LogP contribution in [0, 0.1) is 6.92 Å². The van der Waals surface area contributed by atoms with E-state index in [1.165, 1.54) is 6.20 Å². The van der Waals surface area contributed by atoms with Gasteiger partial charge < -0.3 is 12.9 Å². The minimum atomic E-state index is -4.86. The summed E-state index contributed by atoms with van der Waals surface area (Å²) in [7, 11) is 0. The van der Waals surface area contributed by atoms with E-state index in [-0.39, 0.29) is 57.4 Å². The molecule has 0 radical (unpaired) electrons. The van der Waals surface area contributed by atoms with Crippen LogP contribution in [0.4, 0.5) is 12.9 Å². The number of nitrogens with zero attached hydrogens (tertiary/aromatic N) is 1. The summed E-state index contributed by atoms with van der Waals surface area (Å²) in [5.74, 6) is 0.238. The van der Waals surface area contributed by atoms with Crippen LogP contribution in [-0.2, 0) is 0 Å². The van der Waals surface area contributed by atoms with Gasteiger partial charge in [0, 0.05) is 6.20 Å². The van der Waals surface area contributed by atoms with Gasteiger partial charge in [-0.2, -0.15) is 0 Å². The van der Waals surface area contributed by atoms with Crippen LogP contribution in [0.1, 0.15) is 11.3 Å². The third-order valence-corrected chi connectivity index (χ3v) is 1.42. The Morgan fingerprint density at radius 1 is 1.36 bits per heavy atom. The van der Waals surface area contributed by atoms with Crippen molar-refractivity contribution in [3.05, 3.63) is 35.6 Å². The fourth-order valence-corrected chi connectivity index (χ4v) is 0.858. The first-order valence-electron chi connectivity index (χ1n) is 3.79. The summed E-state index contributed by atoms with van der Waals surface area (Å²) in [6.45, 7) is -3.06. The number of rotatable bonds is 2. The average molecular weight is 225 g/mol. The molecule has 0 spiro atoms. The van der Waals surface area contributed by atoms with E-state index in [0.717, 1.165) is 11.6 Å². The Kier molecular flexibility index (Phi) is 6.24. The van der Waals surface area contributed by atoms with Gasteiger partial charge in [0.2, 0.25) is 0 Å². The molecule has 1 rings (SSSR count). The summed E-state index contributed by atoms with van der Waals surface area (Å²) >= 11 is 0. The topological polar surface area (TPSA) is 12.9 Å². The molecule has 0 bridgehead atoms. The van der Waals surface area contributed by atoms with E-state index >= 15 is 0 Å². The van der Waals surface area contributed by atoms with Crippen LogP contribution < -0.4 is 51.4 Å². The Labute approximate surface area is 123 Å². The minimum Gasteiger partial charge on any atom is -0.445 e. The van der Waals surface area contributed by atoms with E-state index in [1.54, 1.807) is 19.1 Å². The first-order valence-corrected chi connectivity index (χ1v) is 3.79. The Hall–Kier alpha value is 0.381. The van der Waals surface area contributed by atoms with E-state index in [0.29, 0.717) is 5.69 Å². The third kappa shape index (κ3) is 5.98. The van der Waals surface area contributed by atoms with E-state index in [4.69, 9.17) is 0 Å². The standard InChI is InChI=1S/C8H8BF3N.K/c1-7-3-5-13-8(6-7)2-4-9(10,11)12;/h2-6H,1H3;/q-1;+1/b4-2+;. The monoisotopic (exact) mass is 225 g/mol. The van der Waals surface area contributed by atoms with Crippen molar-refractivity contribution in [3.63, 3.8) is 0 Å². The van der Waals surface area contributed by atoms with Gasteiger partial charge in [0.05, 0.1) is 5.69 Å². The SMILES string of the molecule is Cc1ccnc(/C=C/[B-](F)(F)F)c1.[K+]. The maximum absolute atomic E-state index is 11.8. The van der Waals surface area contributed by atoms with Gasteiger partial charge >= 0.3 is 58.4 Å². The number of aryl methyl sites for hydroxylation is 1. The quantitative estimate of drug-likeness (QED) is 0.635. The number of hydrogen-bond donors (Lipinski definition) is 0. The van der Waals surface area contributed by atoms with Crippen LogP contribution in [-0.4, -0.2) is 12.0 Å². The van der Waals surface area contributed by atoms with E-state index in [9.17, 15) is 12.9 Å². The zero-order valence-electron chi connectivity index (χ0n) is 8.05. The third-order valence-electron chi connectivity index (χ3n) is 1.42.